The van der Waals surface area contributed by atoms with Crippen molar-refractivity contribution >= 4 is 22.2 Å². The van der Waals surface area contributed by atoms with E-state index >= 15 is 0 Å². The van der Waals surface area contributed by atoms with E-state index in [-0.39, 0.29) is 0 Å². The van der Waals surface area contributed by atoms with Crippen LogP contribution >= 0.6 is 11.3 Å². The highest BCUT2D eigenvalue weighted by atomic mass is 32.1. The molecule has 0 unspecified atom stereocenters. The summed E-state index contributed by atoms with van der Waals surface area (Å²) in [6.45, 7) is 7.85. The maximum atomic E-state index is 2.51. The van der Waals surface area contributed by atoms with Gasteiger partial charge in [-0.2, -0.15) is 0 Å². The van der Waals surface area contributed by atoms with Gasteiger partial charge >= 0.3 is 0 Å². The molecule has 21 heavy (non-hydrogen) atoms. The normalized spacial score (nSPS) is 14.0. The number of fused-ring (bicyclic) bond motifs is 2. The molecule has 0 saturated carbocycles. The van der Waals surface area contributed by atoms with Gasteiger partial charge in [-0.05, 0) is 62.8 Å². The minimum atomic E-state index is 1.04. The number of thiophene rings is 1. The largest absolute Gasteiger partial charge is 0.340 e. The third-order valence-corrected chi connectivity index (χ3v) is 6.34. The number of aromatic nitrogens is 1. The van der Waals surface area contributed by atoms with Crippen LogP contribution in [0.1, 0.15) is 38.6 Å². The maximum absolute atomic E-state index is 2.51. The lowest BCUT2D eigenvalue weighted by atomic mass is 10.1. The van der Waals surface area contributed by atoms with Crippen LogP contribution in [0.15, 0.2) is 24.3 Å². The molecule has 1 nitrogen and oxygen atoms in total. The van der Waals surface area contributed by atoms with E-state index in [4.69, 9.17) is 0 Å². The number of nitrogens with zero attached hydrogens (tertiary/aromatic N) is 1. The van der Waals surface area contributed by atoms with Gasteiger partial charge in [0, 0.05) is 32.9 Å². The molecule has 0 fully saturated rings. The highest BCUT2D eigenvalue weighted by molar-refractivity contribution is 7.12. The van der Waals surface area contributed by atoms with Gasteiger partial charge in [-0.25, -0.2) is 0 Å². The highest BCUT2D eigenvalue weighted by Gasteiger charge is 2.21. The van der Waals surface area contributed by atoms with Gasteiger partial charge in [0.25, 0.3) is 0 Å². The van der Waals surface area contributed by atoms with E-state index in [1.807, 2.05) is 11.3 Å². The first-order valence-electron chi connectivity index (χ1n) is 7.81. The molecule has 0 bridgehead atoms. The van der Waals surface area contributed by atoms with Crippen molar-refractivity contribution in [3.8, 4) is 0 Å². The number of benzene rings is 1. The van der Waals surface area contributed by atoms with Gasteiger partial charge in [0.15, 0.2) is 0 Å². The Morgan fingerprint density at radius 3 is 2.76 bits per heavy atom. The summed E-state index contributed by atoms with van der Waals surface area (Å²) in [7, 11) is 0. The van der Waals surface area contributed by atoms with Crippen molar-refractivity contribution < 1.29 is 0 Å². The lowest BCUT2D eigenvalue weighted by Crippen LogP contribution is -2.04. The Hall–Kier alpha value is -1.54. The van der Waals surface area contributed by atoms with E-state index in [2.05, 4.69) is 49.6 Å². The Bertz CT molecular complexity index is 835. The molecule has 0 saturated heterocycles. The molecule has 1 aliphatic rings. The molecule has 1 aliphatic carbocycles. The molecule has 0 N–H and O–H groups in total. The SMILES string of the molecule is Cc1sc2c(c1Cn1c(C)c(C)c3ccccc31)CCC2. The molecule has 2 heterocycles. The molecule has 0 radical (unpaired) electrons. The molecule has 2 aromatic heterocycles. The Labute approximate surface area is 130 Å². The van der Waals surface area contributed by atoms with Crippen molar-refractivity contribution in [2.75, 3.05) is 0 Å². The summed E-state index contributed by atoms with van der Waals surface area (Å²) in [6.07, 6.45) is 3.93. The number of hydrogen-bond acceptors (Lipinski definition) is 1. The first-order chi connectivity index (χ1) is 10.2. The zero-order valence-electron chi connectivity index (χ0n) is 13.0. The standard InChI is InChI=1S/C19H21NS/c1-12-13(2)20(18-9-5-4-7-15(12)18)11-17-14(3)21-19-10-6-8-16(17)19/h4-5,7,9H,6,8,10-11H2,1-3H3. The second kappa shape index (κ2) is 4.74. The lowest BCUT2D eigenvalue weighted by molar-refractivity contribution is 0.787. The fourth-order valence-electron chi connectivity index (χ4n) is 3.78. The molecule has 0 amide bonds. The minimum Gasteiger partial charge on any atom is -0.340 e. The Morgan fingerprint density at radius 1 is 1.10 bits per heavy atom. The van der Waals surface area contributed by atoms with Crippen molar-refractivity contribution in [2.45, 2.75) is 46.6 Å². The number of hydrogen-bond donors (Lipinski definition) is 0. The number of para-hydroxylation sites is 1. The van der Waals surface area contributed by atoms with E-state index in [1.165, 1.54) is 46.3 Å². The van der Waals surface area contributed by atoms with Crippen molar-refractivity contribution in [1.82, 2.24) is 4.57 Å². The second-order valence-corrected chi connectivity index (χ2v) is 7.52. The van der Waals surface area contributed by atoms with Crippen molar-refractivity contribution in [1.29, 1.82) is 0 Å². The summed E-state index contributed by atoms with van der Waals surface area (Å²) in [5, 5.41) is 1.40. The second-order valence-electron chi connectivity index (χ2n) is 6.21. The van der Waals surface area contributed by atoms with Crippen LogP contribution in [0.5, 0.6) is 0 Å². The molecule has 108 valence electrons. The quantitative estimate of drug-likeness (QED) is 0.615. The smallest absolute Gasteiger partial charge is 0.0492 e. The molecule has 1 aromatic carbocycles. The van der Waals surface area contributed by atoms with Crippen LogP contribution < -0.4 is 0 Å². The van der Waals surface area contributed by atoms with Gasteiger partial charge in [-0.15, -0.1) is 11.3 Å². The predicted octanol–water partition coefficient (Wildman–Crippen LogP) is 5.17. The van der Waals surface area contributed by atoms with Crippen LogP contribution in [0.2, 0.25) is 0 Å². The maximum Gasteiger partial charge on any atom is 0.0492 e. The average molecular weight is 295 g/mol. The lowest BCUT2D eigenvalue weighted by Gasteiger charge is -2.10. The van der Waals surface area contributed by atoms with Gasteiger partial charge in [0.05, 0.1) is 0 Å². The Kier molecular flexibility index (Phi) is 2.97. The van der Waals surface area contributed by atoms with Crippen LogP contribution in [0.4, 0.5) is 0 Å². The van der Waals surface area contributed by atoms with E-state index in [0.29, 0.717) is 0 Å². The number of aryl methyl sites for hydroxylation is 3. The van der Waals surface area contributed by atoms with Gasteiger partial charge in [0.2, 0.25) is 0 Å². The summed E-state index contributed by atoms with van der Waals surface area (Å²) in [5.41, 5.74) is 7.47. The van der Waals surface area contributed by atoms with Gasteiger partial charge in [-0.1, -0.05) is 18.2 Å². The van der Waals surface area contributed by atoms with E-state index in [9.17, 15) is 0 Å². The topological polar surface area (TPSA) is 4.93 Å². The van der Waals surface area contributed by atoms with Crippen molar-refractivity contribution in [3.63, 3.8) is 0 Å². The third kappa shape index (κ3) is 1.89. The molecular formula is C19H21NS. The van der Waals surface area contributed by atoms with Crippen molar-refractivity contribution in [2.24, 2.45) is 0 Å². The number of rotatable bonds is 2. The van der Waals surface area contributed by atoms with E-state index in [1.54, 1.807) is 16.0 Å². The first-order valence-corrected chi connectivity index (χ1v) is 8.63. The Balaban J connectivity index is 1.87. The molecule has 3 aromatic rings. The van der Waals surface area contributed by atoms with Crippen LogP contribution in [-0.2, 0) is 19.4 Å². The molecule has 4 rings (SSSR count). The molecule has 0 aliphatic heterocycles. The van der Waals surface area contributed by atoms with Crippen molar-refractivity contribution in [3.05, 3.63) is 56.4 Å². The molecule has 0 atom stereocenters. The van der Waals surface area contributed by atoms with Crippen LogP contribution in [0.25, 0.3) is 10.9 Å². The van der Waals surface area contributed by atoms with Crippen LogP contribution in [-0.4, -0.2) is 4.57 Å². The fourth-order valence-corrected chi connectivity index (χ4v) is 5.05. The average Bonchev–Trinajstić information content (AvgIpc) is 3.11. The summed E-state index contributed by atoms with van der Waals surface area (Å²) >= 11 is 2.03. The van der Waals surface area contributed by atoms with Crippen LogP contribution in [0, 0.1) is 20.8 Å². The molecule has 2 heteroatoms. The third-order valence-electron chi connectivity index (χ3n) is 5.10. The highest BCUT2D eigenvalue weighted by Crippen LogP contribution is 2.36. The summed E-state index contributed by atoms with van der Waals surface area (Å²) in [5.74, 6) is 0. The summed E-state index contributed by atoms with van der Waals surface area (Å²) in [6, 6.07) is 8.81. The fraction of sp³-hybridized carbons (Fsp3) is 0.368. The van der Waals surface area contributed by atoms with Gasteiger partial charge in [-0.3, -0.25) is 0 Å². The monoisotopic (exact) mass is 295 g/mol. The van der Waals surface area contributed by atoms with Gasteiger partial charge in [0.1, 0.15) is 0 Å². The summed E-state index contributed by atoms with van der Waals surface area (Å²) < 4.78 is 2.51. The van der Waals surface area contributed by atoms with Gasteiger partial charge < -0.3 is 4.57 Å². The van der Waals surface area contributed by atoms with Crippen LogP contribution in [0.3, 0.4) is 0 Å². The zero-order valence-corrected chi connectivity index (χ0v) is 13.8. The summed E-state index contributed by atoms with van der Waals surface area (Å²) in [4.78, 5) is 3.17. The minimum absolute atomic E-state index is 1.04. The zero-order chi connectivity index (χ0) is 14.6. The molecular weight excluding hydrogens is 274 g/mol. The van der Waals surface area contributed by atoms with E-state index in [0.717, 1.165) is 6.54 Å². The molecule has 0 spiro atoms. The first kappa shape index (κ1) is 13.1. The Morgan fingerprint density at radius 2 is 1.90 bits per heavy atom. The predicted molar refractivity (Wildman–Crippen MR) is 91.6 cm³/mol. The van der Waals surface area contributed by atoms with E-state index < -0.39 is 0 Å².